The van der Waals surface area contributed by atoms with Crippen molar-refractivity contribution in [3.63, 3.8) is 0 Å². The lowest BCUT2D eigenvalue weighted by Crippen LogP contribution is -2.51. The quantitative estimate of drug-likeness (QED) is 0.317. The van der Waals surface area contributed by atoms with Crippen LogP contribution in [0.4, 0.5) is 5.69 Å². The van der Waals surface area contributed by atoms with Gasteiger partial charge in [-0.1, -0.05) is 53.0 Å². The van der Waals surface area contributed by atoms with E-state index in [4.69, 9.17) is 27.9 Å². The van der Waals surface area contributed by atoms with Gasteiger partial charge in [-0.25, -0.2) is 8.42 Å². The van der Waals surface area contributed by atoms with Crippen molar-refractivity contribution in [2.24, 2.45) is 0 Å². The number of hydrogen-bond acceptors (Lipinski definition) is 5. The van der Waals surface area contributed by atoms with E-state index in [1.165, 1.54) is 24.1 Å². The first-order valence-corrected chi connectivity index (χ1v) is 14.8. The van der Waals surface area contributed by atoms with Gasteiger partial charge in [0.15, 0.2) is 0 Å². The first kappa shape index (κ1) is 31.3. The molecule has 2 amide bonds. The Morgan fingerprint density at radius 3 is 2.15 bits per heavy atom. The number of ether oxygens (including phenoxy) is 1. The number of likely N-dealkylation sites (N-methyl/N-ethyl adjacent to an activating group) is 1. The fourth-order valence-electron chi connectivity index (χ4n) is 4.10. The van der Waals surface area contributed by atoms with Crippen molar-refractivity contribution < 1.29 is 22.7 Å². The van der Waals surface area contributed by atoms with Crippen molar-refractivity contribution in [1.29, 1.82) is 0 Å². The molecule has 0 bridgehead atoms. The molecule has 0 spiro atoms. The minimum atomic E-state index is -4.24. The minimum absolute atomic E-state index is 0.00642. The molecule has 1 atom stereocenters. The molecule has 0 aliphatic rings. The van der Waals surface area contributed by atoms with E-state index < -0.39 is 34.4 Å². The first-order valence-electron chi connectivity index (χ1n) is 12.6. The zero-order chi connectivity index (χ0) is 29.6. The maximum atomic E-state index is 14.0. The van der Waals surface area contributed by atoms with Crippen LogP contribution in [0.15, 0.2) is 65.6 Å². The fraction of sp³-hybridized carbons (Fsp3) is 0.310. The lowest BCUT2D eigenvalue weighted by atomic mass is 10.1. The maximum Gasteiger partial charge on any atom is 0.264 e. The topological polar surface area (TPSA) is 96.0 Å². The minimum Gasteiger partial charge on any atom is -0.495 e. The van der Waals surface area contributed by atoms with Gasteiger partial charge in [0.1, 0.15) is 18.3 Å². The van der Waals surface area contributed by atoms with Crippen molar-refractivity contribution in [2.75, 3.05) is 24.5 Å². The summed E-state index contributed by atoms with van der Waals surface area (Å²) in [7, 11) is -2.81. The van der Waals surface area contributed by atoms with Gasteiger partial charge in [-0.2, -0.15) is 0 Å². The van der Waals surface area contributed by atoms with E-state index >= 15 is 0 Å². The second-order valence-electron chi connectivity index (χ2n) is 9.29. The number of sulfonamides is 1. The number of carbonyl (C=O) groups is 2. The Balaban J connectivity index is 2.14. The summed E-state index contributed by atoms with van der Waals surface area (Å²) in [6.45, 7) is 6.63. The average molecular weight is 607 g/mol. The van der Waals surface area contributed by atoms with Gasteiger partial charge < -0.3 is 15.0 Å². The second kappa shape index (κ2) is 13.4. The summed E-state index contributed by atoms with van der Waals surface area (Å²) >= 11 is 12.8. The lowest BCUT2D eigenvalue weighted by molar-refractivity contribution is -0.139. The third-order valence-corrected chi connectivity index (χ3v) is 8.88. The molecule has 0 aliphatic heterocycles. The first-order chi connectivity index (χ1) is 18.9. The molecule has 0 radical (unpaired) electrons. The van der Waals surface area contributed by atoms with E-state index in [1.54, 1.807) is 62.4 Å². The van der Waals surface area contributed by atoms with E-state index in [-0.39, 0.29) is 22.9 Å². The van der Waals surface area contributed by atoms with Crippen LogP contribution in [0.5, 0.6) is 5.75 Å². The molecular weight excluding hydrogens is 573 g/mol. The van der Waals surface area contributed by atoms with Gasteiger partial charge in [0.25, 0.3) is 10.0 Å². The molecule has 40 heavy (non-hydrogen) atoms. The Morgan fingerprint density at radius 2 is 1.57 bits per heavy atom. The summed E-state index contributed by atoms with van der Waals surface area (Å²) in [5.41, 5.74) is 2.28. The Morgan fingerprint density at radius 1 is 0.975 bits per heavy atom. The highest BCUT2D eigenvalue weighted by atomic mass is 35.5. The zero-order valence-electron chi connectivity index (χ0n) is 23.1. The highest BCUT2D eigenvalue weighted by molar-refractivity contribution is 7.92. The fourth-order valence-corrected chi connectivity index (χ4v) is 6.04. The summed E-state index contributed by atoms with van der Waals surface area (Å²) in [4.78, 5) is 28.2. The summed E-state index contributed by atoms with van der Waals surface area (Å²) < 4.78 is 34.6. The molecule has 1 N–H and O–H groups in total. The Kier molecular flexibility index (Phi) is 10.5. The monoisotopic (exact) mass is 605 g/mol. The Hall–Kier alpha value is -3.27. The van der Waals surface area contributed by atoms with Gasteiger partial charge in [0.2, 0.25) is 11.8 Å². The smallest absolute Gasteiger partial charge is 0.264 e. The standard InChI is InChI=1S/C29H33Cl2N3O5S/c1-6-32-29(36)21(4)33(17-23-24(30)8-7-9-25(23)31)28(35)18-34(26-16-20(3)12-15-27(26)39-5)40(37,38)22-13-10-19(2)11-14-22/h7-16,21H,6,17-18H2,1-5H3,(H,32,36). The van der Waals surface area contributed by atoms with E-state index in [0.717, 1.165) is 15.4 Å². The molecule has 0 aliphatic carbocycles. The van der Waals surface area contributed by atoms with Crippen molar-refractivity contribution in [1.82, 2.24) is 10.2 Å². The average Bonchev–Trinajstić information content (AvgIpc) is 2.91. The van der Waals surface area contributed by atoms with Gasteiger partial charge in [0.05, 0.1) is 17.7 Å². The SMILES string of the molecule is CCNC(=O)C(C)N(Cc1c(Cl)cccc1Cl)C(=O)CN(c1cc(C)ccc1OC)S(=O)(=O)c1ccc(C)cc1. The number of nitrogens with one attached hydrogen (secondary N) is 1. The number of rotatable bonds is 11. The van der Waals surface area contributed by atoms with Crippen LogP contribution in [-0.4, -0.2) is 51.4 Å². The van der Waals surface area contributed by atoms with Crippen LogP contribution in [0.2, 0.25) is 10.0 Å². The number of amides is 2. The predicted molar refractivity (Wildman–Crippen MR) is 159 cm³/mol. The third-order valence-electron chi connectivity index (χ3n) is 6.40. The second-order valence-corrected chi connectivity index (χ2v) is 12.0. The number of benzene rings is 3. The third kappa shape index (κ3) is 7.08. The lowest BCUT2D eigenvalue weighted by Gasteiger charge is -2.32. The van der Waals surface area contributed by atoms with Crippen LogP contribution in [0.25, 0.3) is 0 Å². The number of methoxy groups -OCH3 is 1. The molecule has 0 aromatic heterocycles. The molecule has 3 aromatic carbocycles. The van der Waals surface area contributed by atoms with E-state index in [2.05, 4.69) is 5.32 Å². The molecule has 0 saturated heterocycles. The van der Waals surface area contributed by atoms with E-state index in [9.17, 15) is 18.0 Å². The molecule has 0 fully saturated rings. The highest BCUT2D eigenvalue weighted by Crippen LogP contribution is 2.34. The molecule has 3 rings (SSSR count). The van der Waals surface area contributed by atoms with Crippen molar-refractivity contribution in [3.8, 4) is 5.75 Å². The van der Waals surface area contributed by atoms with Crippen molar-refractivity contribution >= 4 is 50.7 Å². The molecule has 0 heterocycles. The van der Waals surface area contributed by atoms with Crippen LogP contribution in [0.1, 0.15) is 30.5 Å². The van der Waals surface area contributed by atoms with Crippen molar-refractivity contribution in [2.45, 2.75) is 45.2 Å². The molecule has 3 aromatic rings. The number of hydrogen-bond donors (Lipinski definition) is 1. The number of nitrogens with zero attached hydrogens (tertiary/aromatic N) is 2. The van der Waals surface area contributed by atoms with Gasteiger partial charge in [-0.3, -0.25) is 13.9 Å². The van der Waals surface area contributed by atoms with Crippen molar-refractivity contribution in [3.05, 3.63) is 87.4 Å². The highest BCUT2D eigenvalue weighted by Gasteiger charge is 2.34. The van der Waals surface area contributed by atoms with Gasteiger partial charge >= 0.3 is 0 Å². The molecule has 8 nitrogen and oxygen atoms in total. The summed E-state index contributed by atoms with van der Waals surface area (Å²) in [6.07, 6.45) is 0. The zero-order valence-corrected chi connectivity index (χ0v) is 25.4. The number of carbonyl (C=O) groups excluding carboxylic acids is 2. The molecular formula is C29H33Cl2N3O5S. The number of halogens is 2. The molecule has 0 saturated carbocycles. The van der Waals surface area contributed by atoms with Gasteiger partial charge in [-0.15, -0.1) is 0 Å². The summed E-state index contributed by atoms with van der Waals surface area (Å²) in [6, 6.07) is 15.4. The Bertz CT molecular complexity index is 1460. The maximum absolute atomic E-state index is 14.0. The van der Waals surface area contributed by atoms with Gasteiger partial charge in [0, 0.05) is 28.7 Å². The normalized spacial score (nSPS) is 12.0. The van der Waals surface area contributed by atoms with Crippen LogP contribution in [-0.2, 0) is 26.2 Å². The molecule has 214 valence electrons. The van der Waals surface area contributed by atoms with Crippen LogP contribution < -0.4 is 14.4 Å². The van der Waals surface area contributed by atoms with E-state index in [0.29, 0.717) is 22.2 Å². The number of anilines is 1. The van der Waals surface area contributed by atoms with Gasteiger partial charge in [-0.05, 0) is 69.7 Å². The predicted octanol–water partition coefficient (Wildman–Crippen LogP) is 5.37. The van der Waals surface area contributed by atoms with Crippen LogP contribution in [0, 0.1) is 13.8 Å². The van der Waals surface area contributed by atoms with Crippen LogP contribution in [0.3, 0.4) is 0 Å². The summed E-state index contributed by atoms with van der Waals surface area (Å²) in [5, 5.41) is 3.35. The summed E-state index contributed by atoms with van der Waals surface area (Å²) in [5.74, 6) is -0.763. The largest absolute Gasteiger partial charge is 0.495 e. The molecule has 1 unspecified atom stereocenters. The Labute approximate surface area is 245 Å². The van der Waals surface area contributed by atoms with E-state index in [1.807, 2.05) is 13.8 Å². The van der Waals surface area contributed by atoms with Crippen LogP contribution >= 0.6 is 23.2 Å². The molecule has 11 heteroatoms. The number of aryl methyl sites for hydroxylation is 2.